The summed E-state index contributed by atoms with van der Waals surface area (Å²) in [5, 5.41) is 8.66. The Kier molecular flexibility index (Phi) is 3.32. The molecule has 0 aliphatic heterocycles. The summed E-state index contributed by atoms with van der Waals surface area (Å²) in [4.78, 5) is 14.8. The summed E-state index contributed by atoms with van der Waals surface area (Å²) < 4.78 is 23.4. The summed E-state index contributed by atoms with van der Waals surface area (Å²) in [5.41, 5.74) is 0.675. The molecule has 0 fully saturated rings. The number of rotatable bonds is 3. The summed E-state index contributed by atoms with van der Waals surface area (Å²) in [6.45, 7) is 4.65. The number of hydrogen-bond acceptors (Lipinski definition) is 4. The standard InChI is InChI=1S/C10H13NO4S/c1-4-16(14,15)9-8(10(12)13)6(2)5-7(3)11-9/h5H,4H2,1-3H3,(H,12,13). The summed E-state index contributed by atoms with van der Waals surface area (Å²) >= 11 is 0. The highest BCUT2D eigenvalue weighted by Crippen LogP contribution is 2.19. The largest absolute Gasteiger partial charge is 0.478 e. The van der Waals surface area contributed by atoms with E-state index in [1.54, 1.807) is 19.9 Å². The average Bonchev–Trinajstić information content (AvgIpc) is 2.15. The molecule has 1 aromatic heterocycles. The Balaban J connectivity index is 3.67. The molecule has 0 aliphatic carbocycles. The fourth-order valence-electron chi connectivity index (χ4n) is 1.42. The molecule has 6 heteroatoms. The second kappa shape index (κ2) is 4.21. The van der Waals surface area contributed by atoms with Gasteiger partial charge >= 0.3 is 5.97 Å². The normalized spacial score (nSPS) is 11.4. The zero-order valence-electron chi connectivity index (χ0n) is 9.31. The molecule has 0 radical (unpaired) electrons. The molecule has 16 heavy (non-hydrogen) atoms. The number of hydrogen-bond donors (Lipinski definition) is 1. The molecule has 0 saturated carbocycles. The van der Waals surface area contributed by atoms with Crippen molar-refractivity contribution < 1.29 is 18.3 Å². The number of carboxylic acid groups (broad SMARTS) is 1. The van der Waals surface area contributed by atoms with Gasteiger partial charge in [0.25, 0.3) is 0 Å². The summed E-state index contributed by atoms with van der Waals surface area (Å²) in [6.07, 6.45) is 0. The van der Waals surface area contributed by atoms with E-state index in [2.05, 4.69) is 4.98 Å². The number of nitrogens with zero attached hydrogens (tertiary/aromatic N) is 1. The van der Waals surface area contributed by atoms with Crippen LogP contribution in [0.1, 0.15) is 28.5 Å². The smallest absolute Gasteiger partial charge is 0.338 e. The van der Waals surface area contributed by atoms with Crippen molar-refractivity contribution in [1.82, 2.24) is 4.98 Å². The first-order valence-electron chi connectivity index (χ1n) is 4.74. The van der Waals surface area contributed by atoms with Crippen LogP contribution in [0, 0.1) is 13.8 Å². The highest BCUT2D eigenvalue weighted by Gasteiger charge is 2.24. The molecule has 1 aromatic rings. The van der Waals surface area contributed by atoms with E-state index in [-0.39, 0.29) is 16.3 Å². The first kappa shape index (κ1) is 12.6. The van der Waals surface area contributed by atoms with Crippen LogP contribution in [-0.2, 0) is 9.84 Å². The predicted octanol–water partition coefficient (Wildman–Crippen LogP) is 1.19. The molecule has 0 aromatic carbocycles. The van der Waals surface area contributed by atoms with Crippen molar-refractivity contribution in [3.05, 3.63) is 22.9 Å². The third-order valence-electron chi connectivity index (χ3n) is 2.20. The minimum absolute atomic E-state index is 0.164. The monoisotopic (exact) mass is 243 g/mol. The van der Waals surface area contributed by atoms with Crippen molar-refractivity contribution in [2.75, 3.05) is 5.75 Å². The molecular weight excluding hydrogens is 230 g/mol. The van der Waals surface area contributed by atoms with Crippen molar-refractivity contribution in [3.8, 4) is 0 Å². The molecule has 5 nitrogen and oxygen atoms in total. The predicted molar refractivity (Wildman–Crippen MR) is 58.4 cm³/mol. The second-order valence-corrected chi connectivity index (χ2v) is 5.66. The fraction of sp³-hybridized carbons (Fsp3) is 0.400. The van der Waals surface area contributed by atoms with E-state index in [1.165, 1.54) is 6.92 Å². The van der Waals surface area contributed by atoms with Crippen LogP contribution in [0.15, 0.2) is 11.1 Å². The van der Waals surface area contributed by atoms with Crippen LogP contribution < -0.4 is 0 Å². The van der Waals surface area contributed by atoms with Crippen LogP contribution in [0.4, 0.5) is 0 Å². The Morgan fingerprint density at radius 1 is 1.44 bits per heavy atom. The molecular formula is C10H13NO4S. The van der Waals surface area contributed by atoms with Gasteiger partial charge < -0.3 is 5.11 Å². The quantitative estimate of drug-likeness (QED) is 0.862. The molecule has 0 spiro atoms. The first-order chi connectivity index (χ1) is 7.29. The van der Waals surface area contributed by atoms with Crippen molar-refractivity contribution in [1.29, 1.82) is 0 Å². The van der Waals surface area contributed by atoms with E-state index < -0.39 is 15.8 Å². The SMILES string of the molecule is CCS(=O)(=O)c1nc(C)cc(C)c1C(=O)O. The maximum absolute atomic E-state index is 11.7. The maximum atomic E-state index is 11.7. The van der Waals surface area contributed by atoms with Gasteiger partial charge in [0.15, 0.2) is 14.9 Å². The lowest BCUT2D eigenvalue weighted by atomic mass is 10.1. The van der Waals surface area contributed by atoms with Gasteiger partial charge in [-0.2, -0.15) is 0 Å². The van der Waals surface area contributed by atoms with E-state index in [9.17, 15) is 13.2 Å². The van der Waals surface area contributed by atoms with E-state index >= 15 is 0 Å². The molecule has 88 valence electrons. The van der Waals surface area contributed by atoms with Crippen molar-refractivity contribution in [2.24, 2.45) is 0 Å². The molecule has 0 bridgehead atoms. The van der Waals surface area contributed by atoms with Gasteiger partial charge in [-0.25, -0.2) is 18.2 Å². The topological polar surface area (TPSA) is 84.3 Å². The molecule has 1 heterocycles. The molecule has 0 amide bonds. The Morgan fingerprint density at radius 2 is 2.00 bits per heavy atom. The molecule has 1 rings (SSSR count). The van der Waals surface area contributed by atoms with Crippen molar-refractivity contribution in [2.45, 2.75) is 25.8 Å². The number of pyridine rings is 1. The Labute approximate surface area is 94.1 Å². The highest BCUT2D eigenvalue weighted by atomic mass is 32.2. The van der Waals surface area contributed by atoms with Gasteiger partial charge in [0, 0.05) is 5.69 Å². The molecule has 1 N–H and O–H groups in total. The van der Waals surface area contributed by atoms with Gasteiger partial charge in [-0.05, 0) is 25.5 Å². The third kappa shape index (κ3) is 2.21. The summed E-state index contributed by atoms with van der Waals surface area (Å²) in [5.74, 6) is -1.43. The Hall–Kier alpha value is -1.43. The van der Waals surface area contributed by atoms with Gasteiger partial charge in [0.1, 0.15) is 0 Å². The lowest BCUT2D eigenvalue weighted by Gasteiger charge is -2.09. The van der Waals surface area contributed by atoms with Crippen LogP contribution in [0.2, 0.25) is 0 Å². The van der Waals surface area contributed by atoms with Gasteiger partial charge in [-0.1, -0.05) is 6.92 Å². The Morgan fingerprint density at radius 3 is 2.44 bits per heavy atom. The minimum atomic E-state index is -3.61. The number of sulfone groups is 1. The highest BCUT2D eigenvalue weighted by molar-refractivity contribution is 7.91. The number of aryl methyl sites for hydroxylation is 2. The first-order valence-corrected chi connectivity index (χ1v) is 6.39. The minimum Gasteiger partial charge on any atom is -0.478 e. The molecule has 0 saturated heterocycles. The van der Waals surface area contributed by atoms with Gasteiger partial charge in [0.05, 0.1) is 11.3 Å². The summed E-state index contributed by atoms with van der Waals surface area (Å²) in [7, 11) is -3.61. The lowest BCUT2D eigenvalue weighted by Crippen LogP contribution is -2.15. The van der Waals surface area contributed by atoms with E-state index in [1.807, 2.05) is 0 Å². The number of aromatic carboxylic acids is 1. The fourth-order valence-corrected chi connectivity index (χ4v) is 2.54. The van der Waals surface area contributed by atoms with Gasteiger partial charge in [0.2, 0.25) is 0 Å². The number of carbonyl (C=O) groups is 1. The van der Waals surface area contributed by atoms with Crippen molar-refractivity contribution in [3.63, 3.8) is 0 Å². The van der Waals surface area contributed by atoms with Crippen LogP contribution in [0.25, 0.3) is 0 Å². The van der Waals surface area contributed by atoms with Crippen LogP contribution in [0.5, 0.6) is 0 Å². The molecule has 0 atom stereocenters. The lowest BCUT2D eigenvalue weighted by molar-refractivity contribution is 0.0691. The van der Waals surface area contributed by atoms with E-state index in [0.29, 0.717) is 11.3 Å². The third-order valence-corrected chi connectivity index (χ3v) is 3.84. The summed E-state index contributed by atoms with van der Waals surface area (Å²) in [6, 6.07) is 1.55. The van der Waals surface area contributed by atoms with E-state index in [4.69, 9.17) is 5.11 Å². The van der Waals surface area contributed by atoms with Crippen molar-refractivity contribution >= 4 is 15.8 Å². The number of carboxylic acids is 1. The maximum Gasteiger partial charge on any atom is 0.338 e. The zero-order chi connectivity index (χ0) is 12.5. The Bertz CT molecular complexity index is 534. The van der Waals surface area contributed by atoms with Gasteiger partial charge in [-0.15, -0.1) is 0 Å². The average molecular weight is 243 g/mol. The molecule has 0 unspecified atom stereocenters. The van der Waals surface area contributed by atoms with Crippen LogP contribution in [-0.4, -0.2) is 30.2 Å². The van der Waals surface area contributed by atoms with E-state index in [0.717, 1.165) is 0 Å². The molecule has 0 aliphatic rings. The number of aromatic nitrogens is 1. The van der Waals surface area contributed by atoms with Crippen LogP contribution in [0.3, 0.4) is 0 Å². The second-order valence-electron chi connectivity index (χ2n) is 3.47. The zero-order valence-corrected chi connectivity index (χ0v) is 10.1. The van der Waals surface area contributed by atoms with Crippen LogP contribution >= 0.6 is 0 Å². The van der Waals surface area contributed by atoms with Gasteiger partial charge in [-0.3, -0.25) is 0 Å².